The Kier molecular flexibility index (Phi) is 9.10. The maximum absolute atomic E-state index is 12.3. The fraction of sp³-hybridized carbons (Fsp3) is 0.185. The molecule has 0 aromatic heterocycles. The minimum Gasteiger partial charge on any atom is -0.490 e. The molecule has 0 heterocycles. The number of anilines is 1. The Labute approximate surface area is 199 Å². The van der Waals surface area contributed by atoms with Crippen LogP contribution in [-0.2, 0) is 4.79 Å². The van der Waals surface area contributed by atoms with Crippen LogP contribution in [0.3, 0.4) is 0 Å². The molecule has 7 nitrogen and oxygen atoms in total. The molecule has 7 heteroatoms. The molecule has 0 saturated heterocycles. The van der Waals surface area contributed by atoms with Gasteiger partial charge < -0.3 is 24.8 Å². The molecule has 2 amide bonds. The Hall–Kier alpha value is -4.26. The van der Waals surface area contributed by atoms with Gasteiger partial charge in [-0.3, -0.25) is 9.59 Å². The summed E-state index contributed by atoms with van der Waals surface area (Å²) in [5.41, 5.74) is 1.91. The Balaban J connectivity index is 1.55. The van der Waals surface area contributed by atoms with E-state index < -0.39 is 0 Å². The number of hydrogen-bond acceptors (Lipinski definition) is 5. The van der Waals surface area contributed by atoms with Gasteiger partial charge in [0.05, 0.1) is 6.61 Å². The second-order valence-corrected chi connectivity index (χ2v) is 7.13. The van der Waals surface area contributed by atoms with Crippen LogP contribution in [0.1, 0.15) is 22.8 Å². The van der Waals surface area contributed by atoms with Gasteiger partial charge in [0.25, 0.3) is 5.91 Å². The van der Waals surface area contributed by atoms with Crippen molar-refractivity contribution in [1.29, 1.82) is 0 Å². The van der Waals surface area contributed by atoms with E-state index in [9.17, 15) is 9.59 Å². The normalized spacial score (nSPS) is 10.5. The van der Waals surface area contributed by atoms with Gasteiger partial charge in [0.2, 0.25) is 5.91 Å². The highest BCUT2D eigenvalue weighted by atomic mass is 16.5. The molecule has 2 N–H and O–H groups in total. The number of amides is 2. The molecule has 0 fully saturated rings. The van der Waals surface area contributed by atoms with Gasteiger partial charge in [-0.15, -0.1) is 0 Å². The molecule has 34 heavy (non-hydrogen) atoms. The summed E-state index contributed by atoms with van der Waals surface area (Å²) in [4.78, 5) is 23.9. The van der Waals surface area contributed by atoms with Crippen LogP contribution in [0.5, 0.6) is 17.2 Å². The summed E-state index contributed by atoms with van der Waals surface area (Å²) in [6, 6.07) is 21.7. The summed E-state index contributed by atoms with van der Waals surface area (Å²) in [5, 5.41) is 5.32. The van der Waals surface area contributed by atoms with Crippen LogP contribution in [0.4, 0.5) is 5.69 Å². The predicted molar refractivity (Wildman–Crippen MR) is 133 cm³/mol. The van der Waals surface area contributed by atoms with Gasteiger partial charge in [0.1, 0.15) is 19.0 Å². The van der Waals surface area contributed by atoms with Crippen LogP contribution in [0.15, 0.2) is 78.9 Å². The molecule has 0 radical (unpaired) electrons. The van der Waals surface area contributed by atoms with Crippen molar-refractivity contribution in [1.82, 2.24) is 5.32 Å². The number of carbonyl (C=O) groups is 2. The number of nitrogens with one attached hydrogen (secondary N) is 2. The van der Waals surface area contributed by atoms with Crippen LogP contribution in [0.25, 0.3) is 6.08 Å². The molecule has 0 unspecified atom stereocenters. The van der Waals surface area contributed by atoms with Gasteiger partial charge in [-0.05, 0) is 67.1 Å². The van der Waals surface area contributed by atoms with Crippen molar-refractivity contribution >= 4 is 23.6 Å². The van der Waals surface area contributed by atoms with Crippen molar-refractivity contribution in [3.63, 3.8) is 0 Å². The van der Waals surface area contributed by atoms with Crippen LogP contribution in [0.2, 0.25) is 0 Å². The topological polar surface area (TPSA) is 85.9 Å². The van der Waals surface area contributed by atoms with Crippen LogP contribution in [-0.4, -0.2) is 38.7 Å². The minimum absolute atomic E-state index is 0.181. The van der Waals surface area contributed by atoms with E-state index in [0.29, 0.717) is 42.6 Å². The maximum atomic E-state index is 12.3. The highest BCUT2D eigenvalue weighted by Gasteiger charge is 2.07. The largest absolute Gasteiger partial charge is 0.490 e. The lowest BCUT2D eigenvalue weighted by atomic mass is 10.1. The first-order valence-corrected chi connectivity index (χ1v) is 11.0. The fourth-order valence-corrected chi connectivity index (χ4v) is 3.05. The zero-order valence-electron chi connectivity index (χ0n) is 19.2. The summed E-state index contributed by atoms with van der Waals surface area (Å²) >= 11 is 0. The second-order valence-electron chi connectivity index (χ2n) is 7.13. The molecule has 0 spiro atoms. The number of ether oxygens (including phenoxy) is 3. The molecule has 3 aromatic carbocycles. The van der Waals surface area contributed by atoms with Crippen LogP contribution in [0, 0.1) is 0 Å². The summed E-state index contributed by atoms with van der Waals surface area (Å²) in [6.07, 6.45) is 3.13. The number of hydrogen-bond donors (Lipinski definition) is 2. The second kappa shape index (κ2) is 12.7. The van der Waals surface area contributed by atoms with Crippen molar-refractivity contribution in [2.24, 2.45) is 0 Å². The summed E-state index contributed by atoms with van der Waals surface area (Å²) < 4.78 is 17.2. The van der Waals surface area contributed by atoms with E-state index in [0.717, 1.165) is 11.3 Å². The third kappa shape index (κ3) is 7.41. The minimum atomic E-state index is -0.288. The lowest BCUT2D eigenvalue weighted by Gasteiger charge is -2.13. The van der Waals surface area contributed by atoms with Crippen LogP contribution >= 0.6 is 0 Å². The van der Waals surface area contributed by atoms with Gasteiger partial charge >= 0.3 is 0 Å². The average molecular weight is 461 g/mol. The first-order chi connectivity index (χ1) is 16.6. The Bertz CT molecular complexity index is 1110. The van der Waals surface area contributed by atoms with E-state index in [-0.39, 0.29) is 11.8 Å². The third-order valence-electron chi connectivity index (χ3n) is 4.69. The lowest BCUT2D eigenvalue weighted by molar-refractivity contribution is -0.111. The van der Waals surface area contributed by atoms with E-state index in [2.05, 4.69) is 10.6 Å². The predicted octanol–water partition coefficient (Wildman–Crippen LogP) is 4.55. The molecule has 0 saturated carbocycles. The van der Waals surface area contributed by atoms with Crippen molar-refractivity contribution in [2.75, 3.05) is 32.2 Å². The first-order valence-electron chi connectivity index (χ1n) is 11.0. The Morgan fingerprint density at radius 2 is 1.59 bits per heavy atom. The van der Waals surface area contributed by atoms with Crippen molar-refractivity contribution in [3.8, 4) is 17.2 Å². The van der Waals surface area contributed by atoms with E-state index in [4.69, 9.17) is 14.2 Å². The zero-order chi connectivity index (χ0) is 24.2. The smallest absolute Gasteiger partial charge is 0.251 e. The van der Waals surface area contributed by atoms with Gasteiger partial charge in [0, 0.05) is 24.4 Å². The van der Waals surface area contributed by atoms with E-state index >= 15 is 0 Å². The van der Waals surface area contributed by atoms with Crippen molar-refractivity contribution in [2.45, 2.75) is 6.92 Å². The van der Waals surface area contributed by atoms with E-state index in [1.165, 1.54) is 6.08 Å². The SMILES string of the molecule is CCOc1cc(/C=C/C(=O)Nc2ccc(C(=O)NC)cc2)ccc1OCCOc1ccccc1. The van der Waals surface area contributed by atoms with Crippen molar-refractivity contribution in [3.05, 3.63) is 90.0 Å². The van der Waals surface area contributed by atoms with E-state index in [1.807, 2.05) is 55.5 Å². The van der Waals surface area contributed by atoms with Crippen molar-refractivity contribution < 1.29 is 23.8 Å². The molecular formula is C27H28N2O5. The molecule has 0 aliphatic heterocycles. The van der Waals surface area contributed by atoms with E-state index in [1.54, 1.807) is 37.4 Å². The molecule has 176 valence electrons. The maximum Gasteiger partial charge on any atom is 0.251 e. The number of para-hydroxylation sites is 1. The van der Waals surface area contributed by atoms with Gasteiger partial charge in [-0.2, -0.15) is 0 Å². The standard InChI is InChI=1S/C27H28N2O5/c1-3-32-25-19-20(9-15-24(25)34-18-17-33-23-7-5-4-6-8-23)10-16-26(30)29-22-13-11-21(12-14-22)27(31)28-2/h4-16,19H,3,17-18H2,1-2H3,(H,28,31)(H,29,30)/b16-10+. The Morgan fingerprint density at radius 3 is 2.29 bits per heavy atom. The van der Waals surface area contributed by atoms with Gasteiger partial charge in [0.15, 0.2) is 11.5 Å². The fourth-order valence-electron chi connectivity index (χ4n) is 3.05. The monoisotopic (exact) mass is 460 g/mol. The first kappa shape index (κ1) is 24.4. The number of carbonyl (C=O) groups excluding carboxylic acids is 2. The summed E-state index contributed by atoms with van der Waals surface area (Å²) in [7, 11) is 1.57. The molecule has 0 atom stereocenters. The number of benzene rings is 3. The third-order valence-corrected chi connectivity index (χ3v) is 4.69. The highest BCUT2D eigenvalue weighted by Crippen LogP contribution is 2.29. The average Bonchev–Trinajstić information content (AvgIpc) is 2.87. The molecular weight excluding hydrogens is 432 g/mol. The van der Waals surface area contributed by atoms with Gasteiger partial charge in [-0.25, -0.2) is 0 Å². The highest BCUT2D eigenvalue weighted by molar-refractivity contribution is 6.02. The summed E-state index contributed by atoms with van der Waals surface area (Å²) in [6.45, 7) is 3.15. The lowest BCUT2D eigenvalue weighted by Crippen LogP contribution is -2.17. The number of rotatable bonds is 11. The molecule has 0 aliphatic carbocycles. The van der Waals surface area contributed by atoms with Crippen LogP contribution < -0.4 is 24.8 Å². The molecule has 0 bridgehead atoms. The van der Waals surface area contributed by atoms with Gasteiger partial charge in [-0.1, -0.05) is 24.3 Å². The molecule has 3 aromatic rings. The quantitative estimate of drug-likeness (QED) is 0.324. The summed E-state index contributed by atoms with van der Waals surface area (Å²) in [5.74, 6) is 1.52. The zero-order valence-corrected chi connectivity index (χ0v) is 19.2. The molecule has 3 rings (SSSR count). The molecule has 0 aliphatic rings. The Morgan fingerprint density at radius 1 is 0.853 bits per heavy atom.